The second kappa shape index (κ2) is 7.46. The number of aliphatic hydroxyl groups is 1. The lowest BCUT2D eigenvalue weighted by molar-refractivity contribution is -0.0572. The van der Waals surface area contributed by atoms with E-state index in [1.54, 1.807) is 32.0 Å². The third-order valence-corrected chi connectivity index (χ3v) is 6.37. The van der Waals surface area contributed by atoms with Crippen molar-refractivity contribution in [2.75, 3.05) is 13.1 Å². The van der Waals surface area contributed by atoms with Gasteiger partial charge >= 0.3 is 0 Å². The fourth-order valence-corrected chi connectivity index (χ4v) is 5.02. The van der Waals surface area contributed by atoms with Crippen molar-refractivity contribution in [3.8, 4) is 5.75 Å². The fourth-order valence-electron chi connectivity index (χ4n) is 3.22. The number of hydrogen-bond acceptors (Lipinski definition) is 5. The van der Waals surface area contributed by atoms with Gasteiger partial charge < -0.3 is 15.6 Å². The third kappa shape index (κ3) is 4.22. The highest BCUT2D eigenvalue weighted by Gasteiger charge is 2.41. The van der Waals surface area contributed by atoms with Gasteiger partial charge in [-0.2, -0.15) is 4.31 Å². The number of hydrogen-bond donors (Lipinski definition) is 2. The minimum absolute atomic E-state index is 0.184. The van der Waals surface area contributed by atoms with Crippen LogP contribution in [0.2, 0.25) is 0 Å². The first-order valence-electron chi connectivity index (χ1n) is 9.13. The lowest BCUT2D eigenvalue weighted by atomic mass is 9.87. The molecule has 1 aliphatic heterocycles. The molecule has 2 atom stereocenters. The Morgan fingerprint density at radius 3 is 2.23 bits per heavy atom. The van der Waals surface area contributed by atoms with Gasteiger partial charge in [0.25, 0.3) is 0 Å². The molecule has 1 aromatic carbocycles. The van der Waals surface area contributed by atoms with Crippen LogP contribution in [-0.2, 0) is 10.0 Å². The van der Waals surface area contributed by atoms with E-state index in [1.807, 2.05) is 27.7 Å². The molecule has 1 aliphatic rings. The van der Waals surface area contributed by atoms with Crippen LogP contribution in [0.3, 0.4) is 0 Å². The highest BCUT2D eigenvalue weighted by molar-refractivity contribution is 7.89. The Labute approximate surface area is 157 Å². The summed E-state index contributed by atoms with van der Waals surface area (Å²) in [6.07, 6.45) is -0.921. The van der Waals surface area contributed by atoms with E-state index in [0.717, 1.165) is 0 Å². The van der Waals surface area contributed by atoms with Crippen LogP contribution in [0, 0.1) is 11.8 Å². The van der Waals surface area contributed by atoms with Crippen LogP contribution in [0.25, 0.3) is 0 Å². The maximum atomic E-state index is 13.2. The molecule has 0 amide bonds. The smallest absolute Gasteiger partial charge is 0.243 e. The Morgan fingerprint density at radius 2 is 1.73 bits per heavy atom. The van der Waals surface area contributed by atoms with Gasteiger partial charge in [0.05, 0.1) is 10.9 Å². The summed E-state index contributed by atoms with van der Waals surface area (Å²) in [5.41, 5.74) is 5.87. The van der Waals surface area contributed by atoms with Gasteiger partial charge in [0.2, 0.25) is 10.0 Å². The number of nitrogens with zero attached hydrogens (tertiary/aromatic N) is 1. The highest BCUT2D eigenvalue weighted by Crippen LogP contribution is 2.39. The summed E-state index contributed by atoms with van der Waals surface area (Å²) < 4.78 is 33.7. The molecule has 0 fully saturated rings. The molecule has 7 heteroatoms. The molecule has 1 heterocycles. The Kier molecular flexibility index (Phi) is 6.07. The highest BCUT2D eigenvalue weighted by atomic mass is 32.2. The summed E-state index contributed by atoms with van der Waals surface area (Å²) in [5, 5.41) is 10.4. The first-order valence-corrected chi connectivity index (χ1v) is 10.6. The summed E-state index contributed by atoms with van der Waals surface area (Å²) >= 11 is 0. The molecule has 1 aromatic rings. The van der Waals surface area contributed by atoms with Crippen molar-refractivity contribution in [1.29, 1.82) is 0 Å². The van der Waals surface area contributed by atoms with E-state index in [2.05, 4.69) is 0 Å². The van der Waals surface area contributed by atoms with Crippen molar-refractivity contribution in [3.05, 3.63) is 23.8 Å². The molecule has 0 aromatic heterocycles. The maximum absolute atomic E-state index is 13.2. The average molecular weight is 385 g/mol. The monoisotopic (exact) mass is 384 g/mol. The van der Waals surface area contributed by atoms with Gasteiger partial charge in [-0.1, -0.05) is 27.7 Å². The predicted molar refractivity (Wildman–Crippen MR) is 103 cm³/mol. The van der Waals surface area contributed by atoms with Crippen LogP contribution >= 0.6 is 0 Å². The van der Waals surface area contributed by atoms with Crippen molar-refractivity contribution in [2.45, 2.75) is 64.2 Å². The van der Waals surface area contributed by atoms with E-state index in [9.17, 15) is 13.5 Å². The zero-order chi connectivity index (χ0) is 19.9. The summed E-state index contributed by atoms with van der Waals surface area (Å²) in [5.74, 6) is 0.953. The van der Waals surface area contributed by atoms with Crippen molar-refractivity contribution >= 4 is 10.0 Å². The van der Waals surface area contributed by atoms with Gasteiger partial charge in [-0.05, 0) is 43.9 Å². The summed E-state index contributed by atoms with van der Waals surface area (Å²) in [6, 6.07) is 4.04. The van der Waals surface area contributed by atoms with E-state index >= 15 is 0 Å². The first-order chi connectivity index (χ1) is 11.9. The van der Waals surface area contributed by atoms with Gasteiger partial charge in [-0.25, -0.2) is 8.42 Å². The van der Waals surface area contributed by atoms with Crippen LogP contribution < -0.4 is 10.5 Å². The minimum atomic E-state index is -3.65. The Morgan fingerprint density at radius 1 is 1.19 bits per heavy atom. The lowest BCUT2D eigenvalue weighted by Gasteiger charge is -2.40. The average Bonchev–Trinajstić information content (AvgIpc) is 2.50. The number of fused-ring (bicyclic) bond motifs is 1. The molecule has 0 radical (unpaired) electrons. The molecule has 2 rings (SSSR count). The SMILES string of the molecule is CC(C)CN(CC(C)C)S(=O)(=O)c1ccc2c(c1)[C@H](N)[C@@H](O)C(C)(C)O2. The zero-order valence-electron chi connectivity index (χ0n) is 16.6. The zero-order valence-corrected chi connectivity index (χ0v) is 17.4. The molecule has 0 unspecified atom stereocenters. The second-order valence-electron chi connectivity index (χ2n) is 8.49. The summed E-state index contributed by atoms with van der Waals surface area (Å²) in [4.78, 5) is 0.184. The number of nitrogens with two attached hydrogens (primary N) is 1. The van der Waals surface area contributed by atoms with Gasteiger partial charge in [-0.3, -0.25) is 0 Å². The second-order valence-corrected chi connectivity index (χ2v) is 10.4. The Balaban J connectivity index is 2.45. The van der Waals surface area contributed by atoms with Crippen LogP contribution in [0.4, 0.5) is 0 Å². The van der Waals surface area contributed by atoms with Crippen LogP contribution in [0.5, 0.6) is 5.75 Å². The van der Waals surface area contributed by atoms with E-state index in [4.69, 9.17) is 10.5 Å². The molecule has 3 N–H and O–H groups in total. The van der Waals surface area contributed by atoms with E-state index in [-0.39, 0.29) is 16.7 Å². The normalized spacial score (nSPS) is 22.6. The molecule has 148 valence electrons. The maximum Gasteiger partial charge on any atom is 0.243 e. The standard InChI is InChI=1S/C19H32N2O4S/c1-12(2)10-21(11-13(3)4)26(23,24)14-7-8-16-15(9-14)17(20)18(22)19(5,6)25-16/h7-9,12-13,17-18,22H,10-11,20H2,1-6H3/t17-,18+/m0/s1. The Bertz CT molecular complexity index is 734. The molecule has 0 aliphatic carbocycles. The predicted octanol–water partition coefficient (Wildman–Crippen LogP) is 2.52. The van der Waals surface area contributed by atoms with E-state index < -0.39 is 27.8 Å². The third-order valence-electron chi connectivity index (χ3n) is 4.54. The largest absolute Gasteiger partial charge is 0.485 e. The molecule has 0 spiro atoms. The van der Waals surface area contributed by atoms with Crippen molar-refractivity contribution < 1.29 is 18.3 Å². The quantitative estimate of drug-likeness (QED) is 0.786. The number of rotatable bonds is 6. The van der Waals surface area contributed by atoms with E-state index in [1.165, 1.54) is 4.31 Å². The van der Waals surface area contributed by atoms with Crippen LogP contribution in [-0.4, -0.2) is 42.6 Å². The topological polar surface area (TPSA) is 92.9 Å². The van der Waals surface area contributed by atoms with Gasteiger partial charge in [0.15, 0.2) is 0 Å². The summed E-state index contributed by atoms with van der Waals surface area (Å²) in [7, 11) is -3.65. The molecule has 6 nitrogen and oxygen atoms in total. The van der Waals surface area contributed by atoms with Crippen LogP contribution in [0.1, 0.15) is 53.1 Å². The number of benzene rings is 1. The molecule has 0 saturated heterocycles. The summed E-state index contributed by atoms with van der Waals surface area (Å²) in [6.45, 7) is 12.4. The Hall–Kier alpha value is -1.15. The molecule has 0 bridgehead atoms. The van der Waals surface area contributed by atoms with Gasteiger partial charge in [0, 0.05) is 18.7 Å². The molecular weight excluding hydrogens is 352 g/mol. The van der Waals surface area contributed by atoms with Crippen molar-refractivity contribution in [1.82, 2.24) is 4.31 Å². The van der Waals surface area contributed by atoms with Gasteiger partial charge in [-0.15, -0.1) is 0 Å². The van der Waals surface area contributed by atoms with E-state index in [0.29, 0.717) is 24.4 Å². The van der Waals surface area contributed by atoms with Crippen LogP contribution in [0.15, 0.2) is 23.1 Å². The molecule has 26 heavy (non-hydrogen) atoms. The van der Waals surface area contributed by atoms with Crippen molar-refractivity contribution in [2.24, 2.45) is 17.6 Å². The number of sulfonamides is 1. The molecular formula is C19H32N2O4S. The minimum Gasteiger partial charge on any atom is -0.485 e. The van der Waals surface area contributed by atoms with Gasteiger partial charge in [0.1, 0.15) is 17.5 Å². The van der Waals surface area contributed by atoms with Crippen molar-refractivity contribution in [3.63, 3.8) is 0 Å². The molecule has 0 saturated carbocycles. The first kappa shape index (κ1) is 21.2. The number of ether oxygens (including phenoxy) is 1. The lowest BCUT2D eigenvalue weighted by Crippen LogP contribution is -2.51. The fraction of sp³-hybridized carbons (Fsp3) is 0.684. The number of aliphatic hydroxyl groups excluding tert-OH is 1.